The highest BCUT2D eigenvalue weighted by Crippen LogP contribution is 2.35. The van der Waals surface area contributed by atoms with Crippen LogP contribution in [0.5, 0.6) is 5.75 Å². The van der Waals surface area contributed by atoms with Gasteiger partial charge in [-0.25, -0.2) is 0 Å². The number of benzene rings is 3. The molecular weight excluding hydrogens is 464 g/mol. The molecule has 1 aromatic heterocycles. The largest absolute Gasteiger partial charge is 0.488 e. The lowest BCUT2D eigenvalue weighted by molar-refractivity contribution is -0.142. The number of furan rings is 1. The second kappa shape index (κ2) is 11.2. The molecule has 2 N–H and O–H groups in total. The van der Waals surface area contributed by atoms with Gasteiger partial charge in [0.1, 0.15) is 17.9 Å². The lowest BCUT2D eigenvalue weighted by Gasteiger charge is -2.17. The number of ether oxygens (including phenoxy) is 2. The van der Waals surface area contributed by atoms with Crippen LogP contribution in [0.3, 0.4) is 0 Å². The Morgan fingerprint density at radius 1 is 1.03 bits per heavy atom. The minimum absolute atomic E-state index is 0.176. The van der Waals surface area contributed by atoms with E-state index in [1.807, 2.05) is 31.2 Å². The van der Waals surface area contributed by atoms with Crippen LogP contribution in [-0.2, 0) is 35.6 Å². The fourth-order valence-corrected chi connectivity index (χ4v) is 4.76. The van der Waals surface area contributed by atoms with Gasteiger partial charge in [-0.2, -0.15) is 0 Å². The lowest BCUT2D eigenvalue weighted by Crippen LogP contribution is -2.20. The SMILES string of the molecule is CCOC(=O)Cc1ccccc1OCc1coc2c(CN(C)C3CC3)cc(-c3cccc(CN)c3)cc12. The molecule has 1 fully saturated rings. The van der Waals surface area contributed by atoms with Crippen molar-refractivity contribution < 1.29 is 18.7 Å². The summed E-state index contributed by atoms with van der Waals surface area (Å²) in [5, 5.41) is 1.04. The molecule has 0 radical (unpaired) electrons. The van der Waals surface area contributed by atoms with E-state index in [0.717, 1.165) is 50.9 Å². The predicted molar refractivity (Wildman–Crippen MR) is 145 cm³/mol. The number of nitrogens with zero attached hydrogens (tertiary/aromatic N) is 1. The van der Waals surface area contributed by atoms with Crippen molar-refractivity contribution in [3.05, 3.63) is 89.2 Å². The third-order valence-corrected chi connectivity index (χ3v) is 6.91. The Kier molecular flexibility index (Phi) is 7.58. The molecule has 1 saturated carbocycles. The summed E-state index contributed by atoms with van der Waals surface area (Å²) in [6, 6.07) is 21.0. The molecule has 5 rings (SSSR count). The van der Waals surface area contributed by atoms with E-state index in [4.69, 9.17) is 19.6 Å². The number of carbonyl (C=O) groups excluding carboxylic acids is 1. The van der Waals surface area contributed by atoms with Crippen LogP contribution in [0.25, 0.3) is 22.1 Å². The van der Waals surface area contributed by atoms with Crippen LogP contribution in [0, 0.1) is 0 Å². The van der Waals surface area contributed by atoms with E-state index < -0.39 is 0 Å². The summed E-state index contributed by atoms with van der Waals surface area (Å²) >= 11 is 0. The zero-order valence-electron chi connectivity index (χ0n) is 21.5. The quantitative estimate of drug-likeness (QED) is 0.262. The molecule has 6 heteroatoms. The topological polar surface area (TPSA) is 77.9 Å². The Labute approximate surface area is 218 Å². The first-order chi connectivity index (χ1) is 18.1. The summed E-state index contributed by atoms with van der Waals surface area (Å²) in [7, 11) is 2.18. The van der Waals surface area contributed by atoms with Gasteiger partial charge in [-0.3, -0.25) is 9.69 Å². The summed E-state index contributed by atoms with van der Waals surface area (Å²) in [6.45, 7) is 3.82. The Morgan fingerprint density at radius 2 is 1.86 bits per heavy atom. The maximum Gasteiger partial charge on any atom is 0.310 e. The molecule has 1 aliphatic rings. The van der Waals surface area contributed by atoms with Gasteiger partial charge in [0.05, 0.1) is 19.3 Å². The minimum Gasteiger partial charge on any atom is -0.488 e. The van der Waals surface area contributed by atoms with Crippen LogP contribution in [0.4, 0.5) is 0 Å². The normalized spacial score (nSPS) is 13.3. The molecule has 0 unspecified atom stereocenters. The molecule has 37 heavy (non-hydrogen) atoms. The average Bonchev–Trinajstić information content (AvgIpc) is 3.69. The Bertz CT molecular complexity index is 1390. The van der Waals surface area contributed by atoms with Crippen LogP contribution in [-0.4, -0.2) is 30.6 Å². The van der Waals surface area contributed by atoms with Crippen molar-refractivity contribution in [2.24, 2.45) is 5.73 Å². The summed E-state index contributed by atoms with van der Waals surface area (Å²) in [5.74, 6) is 0.409. The molecule has 0 bridgehead atoms. The summed E-state index contributed by atoms with van der Waals surface area (Å²) in [5.41, 5.74) is 13.1. The number of fused-ring (bicyclic) bond motifs is 1. The second-order valence-corrected chi connectivity index (χ2v) is 9.70. The molecular formula is C31H34N2O4. The predicted octanol–water partition coefficient (Wildman–Crippen LogP) is 5.84. The first-order valence-corrected chi connectivity index (χ1v) is 12.9. The smallest absolute Gasteiger partial charge is 0.310 e. The monoisotopic (exact) mass is 498 g/mol. The number of carbonyl (C=O) groups is 1. The van der Waals surface area contributed by atoms with Crippen molar-refractivity contribution in [3.8, 4) is 16.9 Å². The molecule has 4 aromatic rings. The number of para-hydroxylation sites is 1. The highest BCUT2D eigenvalue weighted by atomic mass is 16.5. The van der Waals surface area contributed by atoms with Crippen molar-refractivity contribution in [2.45, 2.75) is 51.9 Å². The maximum atomic E-state index is 12.1. The second-order valence-electron chi connectivity index (χ2n) is 9.70. The van der Waals surface area contributed by atoms with E-state index in [0.29, 0.717) is 31.5 Å². The fraction of sp³-hybridized carbons (Fsp3) is 0.323. The highest BCUT2D eigenvalue weighted by Gasteiger charge is 2.27. The first-order valence-electron chi connectivity index (χ1n) is 12.9. The van der Waals surface area contributed by atoms with Crippen LogP contribution < -0.4 is 10.5 Å². The number of hydrogen-bond donors (Lipinski definition) is 1. The molecule has 0 spiro atoms. The lowest BCUT2D eigenvalue weighted by atomic mass is 9.97. The number of rotatable bonds is 11. The van der Waals surface area contributed by atoms with E-state index in [2.05, 4.69) is 48.3 Å². The third-order valence-electron chi connectivity index (χ3n) is 6.91. The van der Waals surface area contributed by atoms with Gasteiger partial charge in [0.15, 0.2) is 0 Å². The van der Waals surface area contributed by atoms with Crippen LogP contribution in [0.15, 0.2) is 71.3 Å². The highest BCUT2D eigenvalue weighted by molar-refractivity contribution is 5.89. The van der Waals surface area contributed by atoms with Gasteiger partial charge < -0.3 is 19.6 Å². The molecule has 0 atom stereocenters. The third kappa shape index (κ3) is 5.87. The van der Waals surface area contributed by atoms with Gasteiger partial charge in [0, 0.05) is 41.2 Å². The Morgan fingerprint density at radius 3 is 2.65 bits per heavy atom. The van der Waals surface area contributed by atoms with Gasteiger partial charge in [0.25, 0.3) is 0 Å². The van der Waals surface area contributed by atoms with Crippen molar-refractivity contribution in [2.75, 3.05) is 13.7 Å². The van der Waals surface area contributed by atoms with E-state index >= 15 is 0 Å². The molecule has 3 aromatic carbocycles. The molecule has 0 aliphatic heterocycles. The molecule has 0 saturated heterocycles. The standard InChI is InChI=1S/C31H34N2O4/c1-3-35-30(34)16-23-8-4-5-10-29(23)36-19-26-20-37-31-25(18-33(2)27-11-12-27)14-24(15-28(26)31)22-9-6-7-21(13-22)17-32/h4-10,13-15,20,27H,3,11-12,16-19,32H2,1-2H3. The van der Waals surface area contributed by atoms with Crippen molar-refractivity contribution in [1.82, 2.24) is 4.90 Å². The van der Waals surface area contributed by atoms with Gasteiger partial charge in [-0.1, -0.05) is 36.4 Å². The van der Waals surface area contributed by atoms with E-state index in [1.165, 1.54) is 12.8 Å². The zero-order valence-corrected chi connectivity index (χ0v) is 21.5. The molecule has 1 heterocycles. The first kappa shape index (κ1) is 25.1. The van der Waals surface area contributed by atoms with Crippen LogP contribution >= 0.6 is 0 Å². The molecule has 6 nitrogen and oxygen atoms in total. The van der Waals surface area contributed by atoms with Gasteiger partial charge in [-0.15, -0.1) is 0 Å². The van der Waals surface area contributed by atoms with Crippen LogP contribution in [0.2, 0.25) is 0 Å². The van der Waals surface area contributed by atoms with Crippen molar-refractivity contribution >= 4 is 16.9 Å². The van der Waals surface area contributed by atoms with Gasteiger partial charge >= 0.3 is 5.97 Å². The molecule has 1 aliphatic carbocycles. The van der Waals surface area contributed by atoms with E-state index in [-0.39, 0.29) is 12.4 Å². The van der Waals surface area contributed by atoms with Crippen LogP contribution in [0.1, 0.15) is 42.0 Å². The molecule has 192 valence electrons. The minimum atomic E-state index is -0.263. The summed E-state index contributed by atoms with van der Waals surface area (Å²) in [6.07, 6.45) is 4.47. The number of esters is 1. The Balaban J connectivity index is 1.47. The fourth-order valence-electron chi connectivity index (χ4n) is 4.76. The average molecular weight is 499 g/mol. The maximum absolute atomic E-state index is 12.1. The zero-order chi connectivity index (χ0) is 25.8. The van der Waals surface area contributed by atoms with Gasteiger partial charge in [-0.05, 0) is 67.8 Å². The molecule has 0 amide bonds. The van der Waals surface area contributed by atoms with Crippen molar-refractivity contribution in [3.63, 3.8) is 0 Å². The number of hydrogen-bond acceptors (Lipinski definition) is 6. The Hall–Kier alpha value is -3.61. The van der Waals surface area contributed by atoms with E-state index in [9.17, 15) is 4.79 Å². The van der Waals surface area contributed by atoms with Crippen molar-refractivity contribution in [1.29, 1.82) is 0 Å². The summed E-state index contributed by atoms with van der Waals surface area (Å²) < 4.78 is 17.5. The van der Waals surface area contributed by atoms with E-state index in [1.54, 1.807) is 6.26 Å². The van der Waals surface area contributed by atoms with Gasteiger partial charge in [0.2, 0.25) is 0 Å². The number of nitrogens with two attached hydrogens (primary N) is 1. The summed E-state index contributed by atoms with van der Waals surface area (Å²) in [4.78, 5) is 14.5.